The summed E-state index contributed by atoms with van der Waals surface area (Å²) in [5.74, 6) is -0.239. The van der Waals surface area contributed by atoms with Gasteiger partial charge in [-0.25, -0.2) is 10.2 Å². The van der Waals surface area contributed by atoms with E-state index in [0.29, 0.717) is 12.3 Å². The third-order valence-electron chi connectivity index (χ3n) is 3.71. The van der Waals surface area contributed by atoms with Crippen molar-refractivity contribution in [3.05, 3.63) is 47.2 Å². The van der Waals surface area contributed by atoms with Crippen LogP contribution in [0.4, 0.5) is 0 Å². The first-order chi connectivity index (χ1) is 10.2. The fraction of sp³-hybridized carbons (Fsp3) is 0.471. The molecule has 0 radical (unpaired) electrons. The molecule has 4 heteroatoms. The number of benzene rings is 1. The molecule has 0 bridgehead atoms. The molecular weight excluding hydrogens is 264 g/mol. The molecule has 1 aromatic rings. The molecule has 1 aliphatic heterocycles. The number of likely N-dealkylation sites (N-methyl/N-ethyl adjacent to an activating group) is 1. The Labute approximate surface area is 126 Å². The number of carbonyl (C=O) groups is 1. The van der Waals surface area contributed by atoms with E-state index < -0.39 is 0 Å². The molecule has 1 N–H and O–H groups in total. The first kappa shape index (κ1) is 15.6. The molecule has 0 aliphatic carbocycles. The van der Waals surface area contributed by atoms with Crippen LogP contribution in [0.3, 0.4) is 0 Å². The summed E-state index contributed by atoms with van der Waals surface area (Å²) >= 11 is 0. The highest BCUT2D eigenvalue weighted by atomic mass is 16.5. The highest BCUT2D eigenvalue weighted by molar-refractivity contribution is 5.89. The van der Waals surface area contributed by atoms with Gasteiger partial charge >= 0.3 is 5.97 Å². The van der Waals surface area contributed by atoms with E-state index in [4.69, 9.17) is 4.74 Å². The third kappa shape index (κ3) is 3.45. The Kier molecular flexibility index (Phi) is 5.39. The van der Waals surface area contributed by atoms with Gasteiger partial charge in [-0.05, 0) is 30.9 Å². The number of hydrazine groups is 1. The van der Waals surface area contributed by atoms with E-state index in [1.807, 2.05) is 32.2 Å². The van der Waals surface area contributed by atoms with Crippen LogP contribution in [0, 0.1) is 0 Å². The van der Waals surface area contributed by atoms with Crippen LogP contribution >= 0.6 is 0 Å². The number of unbranched alkanes of at least 4 members (excludes halogenated alkanes) is 1. The van der Waals surface area contributed by atoms with Gasteiger partial charge in [0.2, 0.25) is 0 Å². The maximum atomic E-state index is 12.2. The molecule has 21 heavy (non-hydrogen) atoms. The Balaban J connectivity index is 2.35. The van der Waals surface area contributed by atoms with Gasteiger partial charge in [0.1, 0.15) is 5.70 Å². The molecule has 114 valence electrons. The van der Waals surface area contributed by atoms with Crippen molar-refractivity contribution in [2.75, 3.05) is 13.7 Å². The second kappa shape index (κ2) is 7.27. The van der Waals surface area contributed by atoms with Gasteiger partial charge in [-0.1, -0.05) is 43.7 Å². The summed E-state index contributed by atoms with van der Waals surface area (Å²) in [5.41, 5.74) is 6.35. The fourth-order valence-corrected chi connectivity index (χ4v) is 2.71. The molecule has 0 fully saturated rings. The lowest BCUT2D eigenvalue weighted by molar-refractivity contribution is -0.140. The zero-order chi connectivity index (χ0) is 15.2. The number of rotatable bonds is 6. The Bertz CT molecular complexity index is 511. The minimum atomic E-state index is -0.239. The first-order valence-corrected chi connectivity index (χ1v) is 7.64. The van der Waals surface area contributed by atoms with Crippen molar-refractivity contribution in [2.24, 2.45) is 0 Å². The van der Waals surface area contributed by atoms with Gasteiger partial charge in [-0.3, -0.25) is 0 Å². The summed E-state index contributed by atoms with van der Waals surface area (Å²) in [5, 5.41) is 1.81. The highest BCUT2D eigenvalue weighted by Gasteiger charge is 2.34. The summed E-state index contributed by atoms with van der Waals surface area (Å²) in [7, 11) is 1.88. The zero-order valence-corrected chi connectivity index (χ0v) is 13.1. The summed E-state index contributed by atoms with van der Waals surface area (Å²) < 4.78 is 5.21. The van der Waals surface area contributed by atoms with Crippen molar-refractivity contribution in [3.63, 3.8) is 0 Å². The van der Waals surface area contributed by atoms with Gasteiger partial charge in [0.25, 0.3) is 0 Å². The van der Waals surface area contributed by atoms with E-state index in [-0.39, 0.29) is 12.0 Å². The Morgan fingerprint density at radius 2 is 2.00 bits per heavy atom. The van der Waals surface area contributed by atoms with Crippen LogP contribution in [0.25, 0.3) is 0 Å². The third-order valence-corrected chi connectivity index (χ3v) is 3.71. The Hall–Kier alpha value is -1.81. The Morgan fingerprint density at radius 3 is 2.62 bits per heavy atom. The van der Waals surface area contributed by atoms with Gasteiger partial charge in [-0.2, -0.15) is 0 Å². The van der Waals surface area contributed by atoms with Crippen LogP contribution in [0.1, 0.15) is 44.7 Å². The first-order valence-electron chi connectivity index (χ1n) is 7.64. The molecule has 1 unspecified atom stereocenters. The molecule has 1 heterocycles. The van der Waals surface area contributed by atoms with Crippen molar-refractivity contribution >= 4 is 5.97 Å². The van der Waals surface area contributed by atoms with Crippen LogP contribution in [0.5, 0.6) is 0 Å². The summed E-state index contributed by atoms with van der Waals surface area (Å²) in [6.45, 7) is 4.39. The SMILES string of the molecule is CCCCC1=C(C(=O)OCC)N(C)NC1c1ccccc1. The molecule has 0 saturated carbocycles. The monoisotopic (exact) mass is 288 g/mol. The largest absolute Gasteiger partial charge is 0.461 e. The van der Waals surface area contributed by atoms with E-state index in [0.717, 1.165) is 24.8 Å². The molecule has 1 aromatic carbocycles. The van der Waals surface area contributed by atoms with E-state index in [2.05, 4.69) is 24.5 Å². The summed E-state index contributed by atoms with van der Waals surface area (Å²) in [6.07, 6.45) is 3.07. The summed E-state index contributed by atoms with van der Waals surface area (Å²) in [6, 6.07) is 10.3. The van der Waals surface area contributed by atoms with Crippen LogP contribution in [-0.4, -0.2) is 24.6 Å². The molecule has 0 saturated heterocycles. The van der Waals surface area contributed by atoms with E-state index in [9.17, 15) is 4.79 Å². The number of carbonyl (C=O) groups excluding carboxylic acids is 1. The molecule has 2 rings (SSSR count). The van der Waals surface area contributed by atoms with Crippen molar-refractivity contribution in [1.29, 1.82) is 0 Å². The van der Waals surface area contributed by atoms with Crippen molar-refractivity contribution in [3.8, 4) is 0 Å². The van der Waals surface area contributed by atoms with Crippen LogP contribution in [0.2, 0.25) is 0 Å². The Morgan fingerprint density at radius 1 is 1.29 bits per heavy atom. The van der Waals surface area contributed by atoms with Crippen molar-refractivity contribution < 1.29 is 9.53 Å². The highest BCUT2D eigenvalue weighted by Crippen LogP contribution is 2.35. The van der Waals surface area contributed by atoms with Crippen molar-refractivity contribution in [1.82, 2.24) is 10.4 Å². The van der Waals surface area contributed by atoms with Crippen LogP contribution in [-0.2, 0) is 9.53 Å². The maximum absolute atomic E-state index is 12.2. The van der Waals surface area contributed by atoms with Gasteiger partial charge in [0, 0.05) is 7.05 Å². The molecule has 0 aromatic heterocycles. The van der Waals surface area contributed by atoms with E-state index >= 15 is 0 Å². The average Bonchev–Trinajstić information content (AvgIpc) is 2.83. The molecule has 0 spiro atoms. The van der Waals surface area contributed by atoms with Crippen LogP contribution in [0.15, 0.2) is 41.6 Å². The van der Waals surface area contributed by atoms with E-state index in [1.54, 1.807) is 5.01 Å². The number of ether oxygens (including phenoxy) is 1. The standard InChI is InChI=1S/C17H24N2O2/c1-4-6-12-14-15(13-10-8-7-9-11-13)18-19(3)16(14)17(20)21-5-2/h7-11,15,18H,4-6,12H2,1-3H3. The predicted molar refractivity (Wildman–Crippen MR) is 83.3 cm³/mol. The molecule has 4 nitrogen and oxygen atoms in total. The van der Waals surface area contributed by atoms with Gasteiger partial charge in [-0.15, -0.1) is 0 Å². The second-order valence-electron chi connectivity index (χ2n) is 5.23. The number of hydrogen-bond acceptors (Lipinski definition) is 4. The molecular formula is C17H24N2O2. The predicted octanol–water partition coefficient (Wildman–Crippen LogP) is 3.19. The lowest BCUT2D eigenvalue weighted by Gasteiger charge is -2.18. The van der Waals surface area contributed by atoms with Gasteiger partial charge in [0.15, 0.2) is 0 Å². The lowest BCUT2D eigenvalue weighted by Crippen LogP contribution is -2.32. The lowest BCUT2D eigenvalue weighted by atomic mass is 9.94. The van der Waals surface area contributed by atoms with E-state index in [1.165, 1.54) is 5.56 Å². The topological polar surface area (TPSA) is 41.6 Å². The maximum Gasteiger partial charge on any atom is 0.356 e. The number of nitrogens with zero attached hydrogens (tertiary/aromatic N) is 1. The minimum Gasteiger partial charge on any atom is -0.461 e. The zero-order valence-electron chi connectivity index (χ0n) is 13.1. The van der Waals surface area contributed by atoms with Crippen molar-refractivity contribution in [2.45, 2.75) is 39.2 Å². The summed E-state index contributed by atoms with van der Waals surface area (Å²) in [4.78, 5) is 12.2. The minimum absolute atomic E-state index is 0.0576. The fourth-order valence-electron chi connectivity index (χ4n) is 2.71. The molecule has 1 atom stereocenters. The van der Waals surface area contributed by atoms with Crippen LogP contribution < -0.4 is 5.43 Å². The number of hydrogen-bond donors (Lipinski definition) is 1. The molecule has 0 amide bonds. The normalized spacial score (nSPS) is 18.2. The molecule has 1 aliphatic rings. The quantitative estimate of drug-likeness (QED) is 0.816. The average molecular weight is 288 g/mol. The smallest absolute Gasteiger partial charge is 0.356 e. The second-order valence-corrected chi connectivity index (χ2v) is 5.23. The van der Waals surface area contributed by atoms with Gasteiger partial charge in [0.05, 0.1) is 12.6 Å². The number of esters is 1. The number of nitrogens with one attached hydrogen (secondary N) is 1. The van der Waals surface area contributed by atoms with Gasteiger partial charge < -0.3 is 9.75 Å².